The first-order chi connectivity index (χ1) is 28.9. The number of Topliss-reactive ketones (excluding diaryl/α,β-unsaturated/α-hetero) is 2. The number of benzene rings is 3. The van der Waals surface area contributed by atoms with E-state index in [1.54, 1.807) is 6.07 Å². The van der Waals surface area contributed by atoms with E-state index in [9.17, 15) is 45.5 Å². The lowest BCUT2D eigenvalue weighted by Gasteiger charge is -2.19. The molecular formula is C42H45F6N5O7. The number of nitrogens with two attached hydrogens (primary N) is 1. The molecule has 5 N–H and O–H groups in total. The summed E-state index contributed by atoms with van der Waals surface area (Å²) in [6.45, 7) is -1.61. The molecule has 2 atom stereocenters. The van der Waals surface area contributed by atoms with E-state index in [4.69, 9.17) is 19.9 Å². The second-order valence-corrected chi connectivity index (χ2v) is 13.4. The van der Waals surface area contributed by atoms with Gasteiger partial charge in [-0.05, 0) is 87.5 Å². The maximum Gasteiger partial charge on any atom is 0.252 e. The minimum atomic E-state index is -1.21. The Morgan fingerprint density at radius 1 is 0.650 bits per heavy atom. The zero-order chi connectivity index (χ0) is 43.4. The summed E-state index contributed by atoms with van der Waals surface area (Å²) in [7, 11) is 0. The van der Waals surface area contributed by atoms with Crippen LogP contribution in [0.3, 0.4) is 0 Å². The first-order valence-electron chi connectivity index (χ1n) is 19.1. The molecule has 0 saturated carbocycles. The van der Waals surface area contributed by atoms with Crippen LogP contribution in [0.15, 0.2) is 72.9 Å². The van der Waals surface area contributed by atoms with Crippen molar-refractivity contribution in [2.45, 2.75) is 57.0 Å². The average Bonchev–Trinajstić information content (AvgIpc) is 3.22. The molecule has 12 nitrogen and oxygen atoms in total. The van der Waals surface area contributed by atoms with E-state index >= 15 is 0 Å². The Morgan fingerprint density at radius 2 is 1.20 bits per heavy atom. The number of rotatable bonds is 26. The molecule has 1 aromatic heterocycles. The number of pyridine rings is 1. The molecule has 3 aromatic carbocycles. The van der Waals surface area contributed by atoms with E-state index in [2.05, 4.69) is 20.9 Å². The van der Waals surface area contributed by atoms with Gasteiger partial charge in [0.25, 0.3) is 11.8 Å². The molecule has 18 heteroatoms. The molecule has 0 aliphatic rings. The third-order valence-electron chi connectivity index (χ3n) is 8.84. The molecule has 0 saturated heterocycles. The number of carbonyl (C=O) groups excluding carboxylic acids is 4. The number of amides is 2. The van der Waals surface area contributed by atoms with E-state index in [0.717, 1.165) is 48.7 Å². The Labute approximate surface area is 342 Å². The van der Waals surface area contributed by atoms with E-state index in [0.29, 0.717) is 37.9 Å². The van der Waals surface area contributed by atoms with Crippen LogP contribution in [0, 0.1) is 29.2 Å². The normalized spacial score (nSPS) is 11.9. The molecule has 60 heavy (non-hydrogen) atoms. The van der Waals surface area contributed by atoms with E-state index < -0.39 is 96.1 Å². The predicted octanol–water partition coefficient (Wildman–Crippen LogP) is 6.42. The van der Waals surface area contributed by atoms with Crippen molar-refractivity contribution in [1.29, 1.82) is 0 Å². The van der Waals surface area contributed by atoms with Gasteiger partial charge in [-0.25, -0.2) is 22.5 Å². The van der Waals surface area contributed by atoms with Crippen molar-refractivity contribution in [2.24, 2.45) is 5.73 Å². The highest BCUT2D eigenvalue weighted by atomic mass is 19.2. The van der Waals surface area contributed by atoms with Gasteiger partial charge >= 0.3 is 0 Å². The maximum atomic E-state index is 14.1. The van der Waals surface area contributed by atoms with Crippen molar-refractivity contribution in [3.05, 3.63) is 113 Å². The lowest BCUT2D eigenvalue weighted by molar-refractivity contribution is -0.123. The standard InChI is InChI=1S/C42H45F6N5O7/c43-15-7-19-58-29-21-27(42(57)53-34(12-1-3-16-49)36(54)24-59-39-30(44)8-5-9-31(39)45)20-28(23-29)50-17-4-2-13-35(52-41(56)26-14-18-51-38(48)22-26)37(55)25-60-40-32(46)10-6-11-33(40)47/h5-6,8-11,14,18,20-23,34-35,50H,1-4,7,12-13,15-17,19,24-25,49H2,(H,52,56)(H,53,57)/t34-,35-/m0/s1. The molecular weight excluding hydrogens is 800 g/mol. The molecule has 4 rings (SSSR count). The Bertz CT molecular complexity index is 2040. The van der Waals surface area contributed by atoms with Gasteiger partial charge in [-0.15, -0.1) is 0 Å². The number of nitrogens with one attached hydrogen (secondary N) is 3. The number of hydrogen-bond acceptors (Lipinski definition) is 10. The van der Waals surface area contributed by atoms with Gasteiger partial charge in [-0.3, -0.25) is 23.6 Å². The van der Waals surface area contributed by atoms with Crippen LogP contribution in [0.1, 0.15) is 65.7 Å². The van der Waals surface area contributed by atoms with Crippen molar-refractivity contribution < 1.29 is 59.7 Å². The van der Waals surface area contributed by atoms with Crippen LogP contribution in [0.5, 0.6) is 17.2 Å². The van der Waals surface area contributed by atoms with Crippen LogP contribution in [-0.2, 0) is 9.59 Å². The van der Waals surface area contributed by atoms with E-state index in [1.165, 1.54) is 18.2 Å². The molecule has 0 spiro atoms. The lowest BCUT2D eigenvalue weighted by atomic mass is 10.0. The maximum absolute atomic E-state index is 14.1. The van der Waals surface area contributed by atoms with Crippen molar-refractivity contribution in [3.63, 3.8) is 0 Å². The number of ether oxygens (including phenoxy) is 3. The smallest absolute Gasteiger partial charge is 0.252 e. The zero-order valence-corrected chi connectivity index (χ0v) is 32.4. The Kier molecular flexibility index (Phi) is 18.6. The van der Waals surface area contributed by atoms with Crippen LogP contribution in [-0.4, -0.2) is 80.0 Å². The van der Waals surface area contributed by atoms with Gasteiger partial charge in [0.05, 0.1) is 25.4 Å². The highest BCUT2D eigenvalue weighted by Crippen LogP contribution is 2.24. The largest absolute Gasteiger partial charge is 0.493 e. The Hall–Kier alpha value is -6.17. The summed E-state index contributed by atoms with van der Waals surface area (Å²) in [5, 5.41) is 8.31. The summed E-state index contributed by atoms with van der Waals surface area (Å²) in [4.78, 5) is 56.3. The summed E-state index contributed by atoms with van der Waals surface area (Å²) < 4.78 is 99.0. The molecule has 0 radical (unpaired) electrons. The number of halogens is 6. The first kappa shape index (κ1) is 46.5. The summed E-state index contributed by atoms with van der Waals surface area (Å²) in [6.07, 6.45) is 2.98. The molecule has 2 amide bonds. The minimum absolute atomic E-state index is 0.00824. The average molecular weight is 846 g/mol. The monoisotopic (exact) mass is 845 g/mol. The quantitative estimate of drug-likeness (QED) is 0.0314. The number of ketones is 2. The van der Waals surface area contributed by atoms with Crippen molar-refractivity contribution >= 4 is 29.1 Å². The van der Waals surface area contributed by atoms with Gasteiger partial charge in [-0.1, -0.05) is 12.1 Å². The molecule has 4 aromatic rings. The molecule has 0 unspecified atom stereocenters. The molecule has 0 aliphatic carbocycles. The molecule has 0 bridgehead atoms. The summed E-state index contributed by atoms with van der Waals surface area (Å²) in [6, 6.07) is 10.4. The van der Waals surface area contributed by atoms with Gasteiger partial charge < -0.3 is 35.9 Å². The number of hydrogen-bond donors (Lipinski definition) is 4. The molecule has 0 aliphatic heterocycles. The highest BCUT2D eigenvalue weighted by molar-refractivity contribution is 5.99. The molecule has 322 valence electrons. The van der Waals surface area contributed by atoms with Crippen molar-refractivity contribution in [1.82, 2.24) is 15.6 Å². The summed E-state index contributed by atoms with van der Waals surface area (Å²) in [5.74, 6) is -9.13. The van der Waals surface area contributed by atoms with E-state index in [-0.39, 0.29) is 49.3 Å². The summed E-state index contributed by atoms with van der Waals surface area (Å²) in [5.41, 5.74) is 5.94. The minimum Gasteiger partial charge on any atom is -0.493 e. The first-order valence-corrected chi connectivity index (χ1v) is 19.1. The molecule has 1 heterocycles. The van der Waals surface area contributed by atoms with Gasteiger partial charge in [0, 0.05) is 48.1 Å². The fourth-order valence-electron chi connectivity index (χ4n) is 5.74. The number of para-hydroxylation sites is 2. The van der Waals surface area contributed by atoms with Crippen molar-refractivity contribution in [2.75, 3.05) is 44.9 Å². The number of unbranched alkanes of at least 4 members (excludes halogenated alkanes) is 2. The third-order valence-corrected chi connectivity index (χ3v) is 8.84. The van der Waals surface area contributed by atoms with Gasteiger partial charge in [0.1, 0.15) is 19.0 Å². The fourth-order valence-corrected chi connectivity index (χ4v) is 5.74. The van der Waals surface area contributed by atoms with Gasteiger partial charge in [0.2, 0.25) is 5.95 Å². The number of nitrogens with zero attached hydrogens (tertiary/aromatic N) is 1. The van der Waals surface area contributed by atoms with E-state index in [1.807, 2.05) is 0 Å². The van der Waals surface area contributed by atoms with Crippen LogP contribution in [0.4, 0.5) is 32.0 Å². The Balaban J connectivity index is 1.42. The van der Waals surface area contributed by atoms with Crippen LogP contribution in [0.2, 0.25) is 0 Å². The zero-order valence-electron chi connectivity index (χ0n) is 32.4. The number of anilines is 1. The fraction of sp³-hybridized carbons (Fsp3) is 0.357. The summed E-state index contributed by atoms with van der Waals surface area (Å²) >= 11 is 0. The third kappa shape index (κ3) is 14.6. The van der Waals surface area contributed by atoms with Crippen LogP contribution >= 0.6 is 0 Å². The van der Waals surface area contributed by atoms with Crippen LogP contribution < -0.4 is 35.9 Å². The SMILES string of the molecule is NCCCC[C@H](NC(=O)c1cc(NCCCC[C@H](NC(=O)c2ccnc(F)c2)C(=O)COc2c(F)cccc2F)cc(OCCCF)c1)C(=O)COc1c(F)cccc1F. The number of carbonyl (C=O) groups is 4. The topological polar surface area (TPSA) is 171 Å². The Morgan fingerprint density at radius 3 is 1.73 bits per heavy atom. The number of alkyl halides is 1. The van der Waals surface area contributed by atoms with Crippen LogP contribution in [0.25, 0.3) is 0 Å². The molecule has 0 fully saturated rings. The second-order valence-electron chi connectivity index (χ2n) is 13.4. The second kappa shape index (κ2) is 24.0. The number of aromatic nitrogens is 1. The van der Waals surface area contributed by atoms with Crippen molar-refractivity contribution in [3.8, 4) is 17.2 Å². The highest BCUT2D eigenvalue weighted by Gasteiger charge is 2.25. The van der Waals surface area contributed by atoms with Gasteiger partial charge in [0.15, 0.2) is 46.3 Å². The lowest BCUT2D eigenvalue weighted by Crippen LogP contribution is -2.43. The van der Waals surface area contributed by atoms with Gasteiger partial charge in [-0.2, -0.15) is 4.39 Å². The predicted molar refractivity (Wildman–Crippen MR) is 208 cm³/mol.